The molecule has 3 aliphatic rings. The number of anilines is 2. The second-order valence-electron chi connectivity index (χ2n) is 21.3. The van der Waals surface area contributed by atoms with Gasteiger partial charge >= 0.3 is 6.85 Å². The monoisotopic (exact) mass is 858 g/mol. The molecule has 11 aromatic rings. The number of thiophene rings is 2. The van der Waals surface area contributed by atoms with E-state index < -0.39 is 0 Å². The summed E-state index contributed by atoms with van der Waals surface area (Å²) < 4.78 is 8.05. The van der Waals surface area contributed by atoms with Gasteiger partial charge in [0.25, 0.3) is 0 Å². The minimum absolute atomic E-state index is 0.0465. The molecule has 0 saturated heterocycles. The van der Waals surface area contributed by atoms with E-state index in [0.717, 1.165) is 0 Å². The van der Waals surface area contributed by atoms with E-state index in [9.17, 15) is 0 Å². The third kappa shape index (κ3) is 4.76. The van der Waals surface area contributed by atoms with Crippen LogP contribution in [-0.2, 0) is 16.2 Å². The molecule has 5 heterocycles. The van der Waals surface area contributed by atoms with Gasteiger partial charge in [0, 0.05) is 79.2 Å². The van der Waals surface area contributed by atoms with Crippen LogP contribution in [0, 0.1) is 0 Å². The van der Waals surface area contributed by atoms with Crippen LogP contribution in [0.2, 0.25) is 0 Å². The lowest BCUT2D eigenvalue weighted by molar-refractivity contribution is 0.590. The van der Waals surface area contributed by atoms with E-state index >= 15 is 0 Å². The van der Waals surface area contributed by atoms with Crippen molar-refractivity contribution in [3.8, 4) is 27.9 Å². The normalized spacial score (nSPS) is 14.9. The largest absolute Gasteiger partial charge is 0.376 e. The molecule has 0 atom stereocenters. The lowest BCUT2D eigenvalue weighted by Gasteiger charge is -2.42. The van der Waals surface area contributed by atoms with Crippen LogP contribution >= 0.6 is 22.7 Å². The van der Waals surface area contributed by atoms with E-state index in [1.165, 1.54) is 135 Å². The van der Waals surface area contributed by atoms with Crippen LogP contribution in [0.15, 0.2) is 140 Å². The molecular weight excluding hydrogens is 812 g/mol. The number of rotatable bonds is 1. The minimum atomic E-state index is -0.140. The first kappa shape index (κ1) is 37.3. The van der Waals surface area contributed by atoms with Crippen molar-refractivity contribution in [3.63, 3.8) is 0 Å². The van der Waals surface area contributed by atoms with Crippen LogP contribution < -0.4 is 15.7 Å². The fourth-order valence-corrected chi connectivity index (χ4v) is 14.2. The highest BCUT2D eigenvalue weighted by molar-refractivity contribution is 7.26. The van der Waals surface area contributed by atoms with Crippen LogP contribution in [0.25, 0.3) is 90.1 Å². The molecule has 8 aromatic carbocycles. The molecule has 2 nitrogen and oxygen atoms in total. The summed E-state index contributed by atoms with van der Waals surface area (Å²) in [5.41, 5.74) is 20.1. The van der Waals surface area contributed by atoms with Crippen LogP contribution in [0.5, 0.6) is 0 Å². The zero-order valence-corrected chi connectivity index (χ0v) is 39.2. The standard InChI is InChI=1S/C59H47BN2S2/c1-57(2,3)32-17-20-34(21-18-32)62-49-31-54-44(37-22-19-33(58(4,5)6)25-52(37)64-54)26-41(49)38-23-24-39-42-27-43-36-14-10-12-16-51(36)63-53(43)30-48(42)61-50-28-40-35-13-9-11-15-45(35)59(7,8)46(40)29-47(50)60(62)55(38)56(39)61/h9-31H,1-8H3. The van der Waals surface area contributed by atoms with Gasteiger partial charge in [-0.2, -0.15) is 0 Å². The highest BCUT2D eigenvalue weighted by atomic mass is 32.1. The summed E-state index contributed by atoms with van der Waals surface area (Å²) in [4.78, 5) is 2.72. The van der Waals surface area contributed by atoms with E-state index in [0.29, 0.717) is 0 Å². The van der Waals surface area contributed by atoms with Crippen molar-refractivity contribution in [2.75, 3.05) is 4.81 Å². The highest BCUT2D eigenvalue weighted by Crippen LogP contribution is 2.53. The molecule has 1 aliphatic carbocycles. The number of aromatic nitrogens is 1. The predicted molar refractivity (Wildman–Crippen MR) is 281 cm³/mol. The van der Waals surface area contributed by atoms with Crippen LogP contribution in [0.1, 0.15) is 77.6 Å². The highest BCUT2D eigenvalue weighted by Gasteiger charge is 2.46. The van der Waals surface area contributed by atoms with Gasteiger partial charge < -0.3 is 9.38 Å². The van der Waals surface area contributed by atoms with Crippen molar-refractivity contribution in [2.24, 2.45) is 0 Å². The summed E-state index contributed by atoms with van der Waals surface area (Å²) in [5.74, 6) is 0. The Labute approximate surface area is 382 Å². The quantitative estimate of drug-likeness (QED) is 0.149. The Morgan fingerprint density at radius 1 is 0.469 bits per heavy atom. The molecule has 3 aromatic heterocycles. The molecule has 0 N–H and O–H groups in total. The van der Waals surface area contributed by atoms with Crippen molar-refractivity contribution in [1.82, 2.24) is 4.57 Å². The first-order valence-electron chi connectivity index (χ1n) is 22.9. The molecule has 0 amide bonds. The fourth-order valence-electron chi connectivity index (χ4n) is 11.9. The van der Waals surface area contributed by atoms with Crippen LogP contribution in [0.4, 0.5) is 11.4 Å². The fraction of sp³-hybridized carbons (Fsp3) is 0.186. The average Bonchev–Trinajstić information content (AvgIpc) is 3.99. The summed E-state index contributed by atoms with van der Waals surface area (Å²) in [5, 5.41) is 8.02. The third-order valence-corrected chi connectivity index (χ3v) is 17.5. The van der Waals surface area contributed by atoms with E-state index in [4.69, 9.17) is 0 Å². The second kappa shape index (κ2) is 12.1. The molecular formula is C59H47BN2S2. The number of fused-ring (bicyclic) bond motifs is 17. The van der Waals surface area contributed by atoms with Gasteiger partial charge in [-0.3, -0.25) is 0 Å². The number of nitrogens with zero attached hydrogens (tertiary/aromatic N) is 2. The zero-order chi connectivity index (χ0) is 43.3. The second-order valence-corrected chi connectivity index (χ2v) is 23.5. The smallest absolute Gasteiger partial charge is 0.333 e. The molecule has 64 heavy (non-hydrogen) atoms. The van der Waals surface area contributed by atoms with Gasteiger partial charge in [-0.15, -0.1) is 22.7 Å². The molecule has 0 fully saturated rings. The molecule has 0 unspecified atom stereocenters. The van der Waals surface area contributed by atoms with E-state index in [1.54, 1.807) is 0 Å². The molecule has 308 valence electrons. The van der Waals surface area contributed by atoms with E-state index in [-0.39, 0.29) is 23.1 Å². The van der Waals surface area contributed by atoms with Crippen LogP contribution in [-0.4, -0.2) is 11.4 Å². The summed E-state index contributed by atoms with van der Waals surface area (Å²) in [7, 11) is 0. The predicted octanol–water partition coefficient (Wildman–Crippen LogP) is 15.7. The molecule has 0 saturated carbocycles. The third-order valence-electron chi connectivity index (χ3n) is 15.3. The van der Waals surface area contributed by atoms with Gasteiger partial charge in [-0.05, 0) is 115 Å². The van der Waals surface area contributed by atoms with Gasteiger partial charge in [-0.1, -0.05) is 140 Å². The van der Waals surface area contributed by atoms with Gasteiger partial charge in [0.2, 0.25) is 0 Å². The Hall–Kier alpha value is -6.14. The zero-order valence-electron chi connectivity index (χ0n) is 37.6. The lowest BCUT2D eigenvalue weighted by Crippen LogP contribution is -2.60. The Balaban J connectivity index is 1.14. The molecule has 0 radical (unpaired) electrons. The first-order valence-corrected chi connectivity index (χ1v) is 24.5. The lowest BCUT2D eigenvalue weighted by atomic mass is 9.43. The maximum atomic E-state index is 2.72. The van der Waals surface area contributed by atoms with Gasteiger partial charge in [0.1, 0.15) is 0 Å². The van der Waals surface area contributed by atoms with Gasteiger partial charge in [0.15, 0.2) is 0 Å². The maximum absolute atomic E-state index is 2.72. The summed E-state index contributed by atoms with van der Waals surface area (Å²) in [6.07, 6.45) is 0. The summed E-state index contributed by atoms with van der Waals surface area (Å²) in [6, 6.07) is 55.0. The molecule has 0 spiro atoms. The SMILES string of the molecule is CC(C)(C)c1ccc(N2B3c4cc5c(cc4-n4c6cc7sc8ccccc8c7cc6c6ccc(c3c64)-c3cc4c(cc32)sc2cc(C(C)(C)C)ccc24)-c2ccccc2C5(C)C)cc1. The maximum Gasteiger partial charge on any atom is 0.333 e. The first-order chi connectivity index (χ1) is 30.7. The Morgan fingerprint density at radius 3 is 1.95 bits per heavy atom. The van der Waals surface area contributed by atoms with Crippen LogP contribution in [0.3, 0.4) is 0 Å². The topological polar surface area (TPSA) is 8.17 Å². The number of hydrogen-bond donors (Lipinski definition) is 0. The van der Waals surface area contributed by atoms with Crippen molar-refractivity contribution in [3.05, 3.63) is 162 Å². The van der Waals surface area contributed by atoms with Crippen molar-refractivity contribution in [2.45, 2.75) is 71.6 Å². The molecule has 2 aliphatic heterocycles. The van der Waals surface area contributed by atoms with Crippen molar-refractivity contribution in [1.29, 1.82) is 0 Å². The van der Waals surface area contributed by atoms with Crippen molar-refractivity contribution >= 4 is 114 Å². The summed E-state index contributed by atoms with van der Waals surface area (Å²) in [6.45, 7) is 18.7. The average molecular weight is 859 g/mol. The Morgan fingerprint density at radius 2 is 1.14 bits per heavy atom. The van der Waals surface area contributed by atoms with Gasteiger partial charge in [0.05, 0.1) is 11.0 Å². The number of benzene rings is 8. The van der Waals surface area contributed by atoms with E-state index in [2.05, 4.69) is 204 Å². The molecule has 14 rings (SSSR count). The summed E-state index contributed by atoms with van der Waals surface area (Å²) >= 11 is 3.86. The van der Waals surface area contributed by atoms with E-state index in [1.807, 2.05) is 22.7 Å². The Kier molecular flexibility index (Phi) is 7.07. The molecule has 5 heteroatoms. The Bertz CT molecular complexity index is 3900. The van der Waals surface area contributed by atoms with Gasteiger partial charge in [-0.25, -0.2) is 0 Å². The minimum Gasteiger partial charge on any atom is -0.376 e. The van der Waals surface area contributed by atoms with Crippen molar-refractivity contribution < 1.29 is 0 Å². The molecule has 0 bridgehead atoms. The number of hydrogen-bond acceptors (Lipinski definition) is 3.